The number of nitrogens with one attached hydrogen (secondary N) is 4. The summed E-state index contributed by atoms with van der Waals surface area (Å²) in [5, 5.41) is 11.1. The predicted molar refractivity (Wildman–Crippen MR) is 248 cm³/mol. The SMILES string of the molecule is C=CC(=O)N1CN(C(=O)C=C)CN(C(=O)CCSCC(=O)N[C@H](C(=O)C[C@@H](CCCNC(N)=O)C(=O)Nc2ccc(COC(=O)N(C)[C@H](C(=O)N[C@H](C)C(C)C)C(C)C)cc2)C(C)C)C1. The highest BCUT2D eigenvalue weighted by Crippen LogP contribution is 2.21. The third-order valence-electron chi connectivity index (χ3n) is 10.8. The molecule has 19 nitrogen and oxygen atoms in total. The van der Waals surface area contributed by atoms with Gasteiger partial charge in [-0.1, -0.05) is 66.8 Å². The molecule has 1 aliphatic heterocycles. The van der Waals surface area contributed by atoms with Crippen molar-refractivity contribution in [1.29, 1.82) is 0 Å². The number of primary amides is 1. The molecule has 0 aromatic heterocycles. The molecule has 1 saturated heterocycles. The molecule has 65 heavy (non-hydrogen) atoms. The number of thioether (sulfide) groups is 1. The number of ketones is 1. The summed E-state index contributed by atoms with van der Waals surface area (Å²) in [5.74, 6) is -3.70. The summed E-state index contributed by atoms with van der Waals surface area (Å²) in [5.41, 5.74) is 6.25. The third kappa shape index (κ3) is 18.6. The van der Waals surface area contributed by atoms with Crippen LogP contribution in [0.4, 0.5) is 15.3 Å². The van der Waals surface area contributed by atoms with Crippen LogP contribution in [0.15, 0.2) is 49.6 Å². The van der Waals surface area contributed by atoms with Gasteiger partial charge in [-0.05, 0) is 67.4 Å². The number of amides is 9. The van der Waals surface area contributed by atoms with Crippen LogP contribution in [0.5, 0.6) is 0 Å². The largest absolute Gasteiger partial charge is 0.445 e. The van der Waals surface area contributed by atoms with Crippen LogP contribution in [0.1, 0.15) is 79.7 Å². The molecule has 1 fully saturated rings. The molecule has 0 bridgehead atoms. The van der Waals surface area contributed by atoms with Crippen molar-refractivity contribution in [3.63, 3.8) is 0 Å². The van der Waals surface area contributed by atoms with E-state index >= 15 is 0 Å². The van der Waals surface area contributed by atoms with Crippen LogP contribution in [-0.4, -0.2) is 136 Å². The topological polar surface area (TPSA) is 250 Å². The Morgan fingerprint density at radius 1 is 0.815 bits per heavy atom. The van der Waals surface area contributed by atoms with E-state index in [-0.39, 0.29) is 105 Å². The summed E-state index contributed by atoms with van der Waals surface area (Å²) >= 11 is 1.18. The second-order valence-corrected chi connectivity index (χ2v) is 18.1. The van der Waals surface area contributed by atoms with Crippen molar-refractivity contribution in [2.24, 2.45) is 29.4 Å². The number of benzene rings is 1. The minimum atomic E-state index is -0.922. The number of ether oxygens (including phenoxy) is 1. The number of carbonyl (C=O) groups is 9. The van der Waals surface area contributed by atoms with E-state index in [4.69, 9.17) is 10.5 Å². The molecule has 9 amide bonds. The molecule has 6 N–H and O–H groups in total. The van der Waals surface area contributed by atoms with Gasteiger partial charge < -0.3 is 46.4 Å². The van der Waals surface area contributed by atoms with Crippen molar-refractivity contribution in [2.75, 3.05) is 50.4 Å². The smallest absolute Gasteiger partial charge is 0.410 e. The van der Waals surface area contributed by atoms with Crippen LogP contribution in [0, 0.1) is 23.7 Å². The summed E-state index contributed by atoms with van der Waals surface area (Å²) in [4.78, 5) is 121. The second kappa shape index (κ2) is 27.4. The normalized spacial score (nSPS) is 14.4. The second-order valence-electron chi connectivity index (χ2n) is 17.0. The van der Waals surface area contributed by atoms with Gasteiger partial charge in [0.25, 0.3) is 0 Å². The van der Waals surface area contributed by atoms with Crippen molar-refractivity contribution in [3.8, 4) is 0 Å². The lowest BCUT2D eigenvalue weighted by Gasteiger charge is -2.41. The third-order valence-corrected chi connectivity index (χ3v) is 11.7. The van der Waals surface area contributed by atoms with E-state index in [0.717, 1.165) is 12.2 Å². The van der Waals surface area contributed by atoms with Crippen LogP contribution in [0.25, 0.3) is 0 Å². The van der Waals surface area contributed by atoms with Gasteiger partial charge in [-0.3, -0.25) is 38.5 Å². The van der Waals surface area contributed by atoms with E-state index < -0.39 is 53.8 Å². The van der Waals surface area contributed by atoms with E-state index in [0.29, 0.717) is 17.7 Å². The molecule has 0 unspecified atom stereocenters. The number of anilines is 1. The fourth-order valence-electron chi connectivity index (χ4n) is 6.71. The molecular weight excluding hydrogens is 859 g/mol. The Morgan fingerprint density at radius 2 is 1.40 bits per heavy atom. The van der Waals surface area contributed by atoms with Crippen LogP contribution >= 0.6 is 11.8 Å². The van der Waals surface area contributed by atoms with Gasteiger partial charge in [0.15, 0.2) is 5.78 Å². The zero-order chi connectivity index (χ0) is 49.0. The summed E-state index contributed by atoms with van der Waals surface area (Å²) in [6.07, 6.45) is 1.87. The van der Waals surface area contributed by atoms with Crippen LogP contribution in [-0.2, 0) is 44.9 Å². The fourth-order valence-corrected chi connectivity index (χ4v) is 7.44. The monoisotopic (exact) mass is 927 g/mol. The summed E-state index contributed by atoms with van der Waals surface area (Å²) < 4.78 is 5.52. The number of Topliss-reactive ketones (excluding diaryl/α,β-unsaturated/α-hetero) is 1. The Hall–Kier alpha value is -5.92. The molecule has 1 aliphatic rings. The molecule has 2 rings (SSSR count). The number of rotatable bonds is 25. The van der Waals surface area contributed by atoms with Gasteiger partial charge in [0, 0.05) is 49.8 Å². The van der Waals surface area contributed by atoms with Crippen molar-refractivity contribution in [2.45, 2.75) is 98.9 Å². The molecule has 1 aromatic carbocycles. The van der Waals surface area contributed by atoms with Gasteiger partial charge in [-0.2, -0.15) is 11.8 Å². The zero-order valence-electron chi connectivity index (χ0n) is 39.1. The maximum atomic E-state index is 13.7. The Bertz CT molecular complexity index is 1830. The number of hydrogen-bond acceptors (Lipinski definition) is 11. The molecule has 360 valence electrons. The standard InChI is InChI=1S/C45H69N9O10S/c1-11-37(57)52-25-53(38(58)12-2)27-54(26-52)39(59)19-21-65-24-36(56)50-40(29(5)6)35(55)22-33(14-13-20-47-44(46)62)42(60)49-34-17-15-32(16-18-34)23-64-45(63)51(10)41(30(7)8)43(61)48-31(9)28(3)4/h11-12,15-18,28-31,33,40-41H,1-2,13-14,19-27H2,3-10H3,(H,48,61)(H,49,60)(H,50,56)(H3,46,47,62)/t31-,33-,40+,41+/m1/s1. The average Bonchev–Trinajstić information content (AvgIpc) is 3.26. The number of likely N-dealkylation sites (N-methyl/N-ethyl adjacent to an activating group) is 1. The Morgan fingerprint density at radius 3 is 1.92 bits per heavy atom. The van der Waals surface area contributed by atoms with Crippen LogP contribution in [0.2, 0.25) is 0 Å². The summed E-state index contributed by atoms with van der Waals surface area (Å²) in [6.45, 7) is 20.1. The van der Waals surface area contributed by atoms with E-state index in [1.165, 1.54) is 38.4 Å². The lowest BCUT2D eigenvalue weighted by molar-refractivity contribution is -0.154. The minimum absolute atomic E-state index is 0.0152. The van der Waals surface area contributed by atoms with Crippen molar-refractivity contribution >= 4 is 70.8 Å². The van der Waals surface area contributed by atoms with Gasteiger partial charge in [0.05, 0.1) is 31.8 Å². The molecule has 4 atom stereocenters. The van der Waals surface area contributed by atoms with Gasteiger partial charge >= 0.3 is 12.1 Å². The quantitative estimate of drug-likeness (QED) is 0.0702. The maximum absolute atomic E-state index is 13.7. The van der Waals surface area contributed by atoms with Crippen molar-refractivity contribution in [1.82, 2.24) is 35.6 Å². The fraction of sp³-hybridized carbons (Fsp3) is 0.578. The number of nitrogens with zero attached hydrogens (tertiary/aromatic N) is 4. The number of carbonyl (C=O) groups excluding carboxylic acids is 9. The highest BCUT2D eigenvalue weighted by atomic mass is 32.2. The van der Waals surface area contributed by atoms with E-state index in [2.05, 4.69) is 34.4 Å². The van der Waals surface area contributed by atoms with E-state index in [1.807, 2.05) is 34.6 Å². The van der Waals surface area contributed by atoms with Gasteiger partial charge in [0.1, 0.15) is 12.6 Å². The minimum Gasteiger partial charge on any atom is -0.445 e. The van der Waals surface area contributed by atoms with Gasteiger partial charge in [0.2, 0.25) is 35.4 Å². The van der Waals surface area contributed by atoms with E-state index in [9.17, 15) is 43.2 Å². The first-order valence-electron chi connectivity index (χ1n) is 21.7. The number of hydrogen-bond donors (Lipinski definition) is 5. The molecule has 20 heteroatoms. The first kappa shape index (κ1) is 55.2. The van der Waals surface area contributed by atoms with Crippen molar-refractivity contribution < 1.29 is 47.9 Å². The Balaban J connectivity index is 2.02. The van der Waals surface area contributed by atoms with Gasteiger partial charge in [-0.15, -0.1) is 0 Å². The molecule has 1 heterocycles. The Kier molecular flexibility index (Phi) is 23.3. The first-order chi connectivity index (χ1) is 30.6. The van der Waals surface area contributed by atoms with Crippen molar-refractivity contribution in [3.05, 3.63) is 55.1 Å². The zero-order valence-corrected chi connectivity index (χ0v) is 39.9. The maximum Gasteiger partial charge on any atom is 0.410 e. The molecule has 1 aromatic rings. The molecule has 0 radical (unpaired) electrons. The lowest BCUT2D eigenvalue weighted by atomic mass is 9.89. The van der Waals surface area contributed by atoms with E-state index in [1.54, 1.807) is 38.1 Å². The van der Waals surface area contributed by atoms with Crippen LogP contribution in [0.3, 0.4) is 0 Å². The molecular formula is C45H69N9O10S. The molecule has 0 aliphatic carbocycles. The molecule has 0 saturated carbocycles. The Labute approximate surface area is 387 Å². The summed E-state index contributed by atoms with van der Waals surface area (Å²) in [6, 6.07) is 4.12. The predicted octanol–water partition coefficient (Wildman–Crippen LogP) is 3.41. The number of nitrogens with two attached hydrogens (primary N) is 1. The first-order valence-corrected chi connectivity index (χ1v) is 22.9. The highest BCUT2D eigenvalue weighted by molar-refractivity contribution is 7.99. The number of urea groups is 1. The lowest BCUT2D eigenvalue weighted by Crippen LogP contribution is -2.59. The highest BCUT2D eigenvalue weighted by Gasteiger charge is 2.33. The average molecular weight is 928 g/mol. The summed E-state index contributed by atoms with van der Waals surface area (Å²) in [7, 11) is 1.52. The molecule has 0 spiro atoms. The van der Waals surface area contributed by atoms with Gasteiger partial charge in [-0.25, -0.2) is 9.59 Å². The van der Waals surface area contributed by atoms with Crippen LogP contribution < -0.4 is 27.0 Å².